The normalized spacial score (nSPS) is 24.0. The van der Waals surface area contributed by atoms with E-state index in [0.29, 0.717) is 12.8 Å². The number of rotatable bonds is 1. The third kappa shape index (κ3) is 4.15. The number of halogens is 6. The van der Waals surface area contributed by atoms with Crippen molar-refractivity contribution in [3.05, 3.63) is 27.6 Å². The third-order valence-corrected chi connectivity index (χ3v) is 5.72. The van der Waals surface area contributed by atoms with E-state index in [4.69, 9.17) is 9.15 Å². The maximum Gasteiger partial charge on any atom is 0.426 e. The van der Waals surface area contributed by atoms with E-state index in [9.17, 15) is 41.6 Å². The number of aliphatic hydroxyl groups is 1. The van der Waals surface area contributed by atoms with Gasteiger partial charge in [0.25, 0.3) is 11.8 Å². The summed E-state index contributed by atoms with van der Waals surface area (Å²) in [4.78, 5) is 15.5. The number of nitro groups is 1. The molecular weight excluding hydrogens is 480 g/mol. The third-order valence-electron chi connectivity index (χ3n) is 5.72. The summed E-state index contributed by atoms with van der Waals surface area (Å²) >= 11 is 0. The molecule has 2 aliphatic heterocycles. The van der Waals surface area contributed by atoms with E-state index in [1.807, 2.05) is 0 Å². The lowest BCUT2D eigenvalue weighted by Gasteiger charge is -2.29. The van der Waals surface area contributed by atoms with E-state index in [0.717, 1.165) is 0 Å². The Labute approximate surface area is 186 Å². The lowest BCUT2D eigenvalue weighted by atomic mass is 9.97. The molecule has 4 bridgehead atoms. The molecule has 4 heterocycles. The van der Waals surface area contributed by atoms with Crippen LogP contribution >= 0.6 is 0 Å². The number of pyridine rings is 1. The molecule has 4 rings (SSSR count). The second-order valence-electron chi connectivity index (χ2n) is 7.92. The van der Waals surface area contributed by atoms with E-state index in [-0.39, 0.29) is 32.2 Å². The van der Waals surface area contributed by atoms with E-state index in [1.54, 1.807) is 0 Å². The van der Waals surface area contributed by atoms with Gasteiger partial charge in [-0.3, -0.25) is 10.1 Å². The Kier molecular flexibility index (Phi) is 5.91. The first-order valence-corrected chi connectivity index (χ1v) is 10.1. The van der Waals surface area contributed by atoms with Gasteiger partial charge in [0.05, 0.1) is 17.6 Å². The van der Waals surface area contributed by atoms with Crippen molar-refractivity contribution in [3.8, 4) is 11.6 Å². The van der Waals surface area contributed by atoms with Crippen molar-refractivity contribution in [2.45, 2.75) is 49.7 Å². The zero-order chi connectivity index (χ0) is 24.9. The second kappa shape index (κ2) is 8.33. The predicted octanol–water partition coefficient (Wildman–Crippen LogP) is 3.59. The summed E-state index contributed by atoms with van der Waals surface area (Å²) in [7, 11) is 0. The van der Waals surface area contributed by atoms with Gasteiger partial charge >= 0.3 is 18.0 Å². The molecule has 2 aromatic rings. The number of anilines is 1. The van der Waals surface area contributed by atoms with Crippen LogP contribution < -0.4 is 4.90 Å². The van der Waals surface area contributed by atoms with Gasteiger partial charge in [-0.05, 0) is 25.7 Å². The first kappa shape index (κ1) is 24.1. The first-order chi connectivity index (χ1) is 15.8. The summed E-state index contributed by atoms with van der Waals surface area (Å²) in [5, 5.41) is 28.4. The quantitative estimate of drug-likeness (QED) is 0.357. The SMILES string of the molecule is O=[N+]([O-])c1cc(C(F)(F)F)c2nc1-c1nnc(o1)C(O)(C(F)(F)F)CCCOC[C@@H]1CCCN21. The van der Waals surface area contributed by atoms with E-state index < -0.39 is 69.9 Å². The summed E-state index contributed by atoms with van der Waals surface area (Å²) in [5.41, 5.74) is -7.04. The van der Waals surface area contributed by atoms with Crippen LogP contribution in [0, 0.1) is 10.1 Å². The minimum absolute atomic E-state index is 0.117. The van der Waals surface area contributed by atoms with E-state index >= 15 is 0 Å². The minimum Gasteiger partial charge on any atom is -0.415 e. The second-order valence-corrected chi connectivity index (χ2v) is 7.92. The van der Waals surface area contributed by atoms with Crippen LogP contribution in [0.1, 0.15) is 37.1 Å². The van der Waals surface area contributed by atoms with Gasteiger partial charge in [0.1, 0.15) is 11.4 Å². The van der Waals surface area contributed by atoms with Crippen LogP contribution in [0.15, 0.2) is 10.5 Å². The number of alkyl halides is 6. The monoisotopic (exact) mass is 497 g/mol. The van der Waals surface area contributed by atoms with Crippen LogP contribution in [0.25, 0.3) is 11.6 Å². The number of aromatic nitrogens is 3. The molecule has 0 aliphatic carbocycles. The van der Waals surface area contributed by atoms with Gasteiger partial charge in [-0.15, -0.1) is 10.2 Å². The van der Waals surface area contributed by atoms with E-state index in [2.05, 4.69) is 15.2 Å². The number of hydrogen-bond acceptors (Lipinski definition) is 9. The van der Waals surface area contributed by atoms with Crippen molar-refractivity contribution in [3.63, 3.8) is 0 Å². The smallest absolute Gasteiger partial charge is 0.415 e. The van der Waals surface area contributed by atoms with Crippen LogP contribution in [0.4, 0.5) is 37.8 Å². The molecule has 10 nitrogen and oxygen atoms in total. The molecule has 1 saturated heterocycles. The first-order valence-electron chi connectivity index (χ1n) is 10.1. The largest absolute Gasteiger partial charge is 0.426 e. The Balaban J connectivity index is 1.96. The Morgan fingerprint density at radius 2 is 1.94 bits per heavy atom. The van der Waals surface area contributed by atoms with Crippen molar-refractivity contribution in [2.75, 3.05) is 24.7 Å². The molecule has 0 aromatic carbocycles. The molecule has 2 atom stereocenters. The Morgan fingerprint density at radius 3 is 2.59 bits per heavy atom. The van der Waals surface area contributed by atoms with Gasteiger partial charge in [-0.1, -0.05) is 0 Å². The van der Waals surface area contributed by atoms with Crippen LogP contribution in [0.5, 0.6) is 0 Å². The van der Waals surface area contributed by atoms with Crippen LogP contribution in [-0.4, -0.2) is 57.2 Å². The number of hydrogen-bond donors (Lipinski definition) is 1. The average Bonchev–Trinajstić information content (AvgIpc) is 3.40. The van der Waals surface area contributed by atoms with Gasteiger partial charge < -0.3 is 19.2 Å². The molecule has 2 aromatic heterocycles. The van der Waals surface area contributed by atoms with Gasteiger partial charge in [0, 0.05) is 19.2 Å². The Hall–Kier alpha value is -3.01. The molecule has 1 fully saturated rings. The minimum atomic E-state index is -5.26. The number of ether oxygens (including phenoxy) is 1. The molecule has 1 N–H and O–H groups in total. The highest BCUT2D eigenvalue weighted by atomic mass is 19.4. The topological polar surface area (TPSA) is 128 Å². The Morgan fingerprint density at radius 1 is 1.21 bits per heavy atom. The standard InChI is InChI=1S/C18H17F6N5O5/c19-17(20,21)10-7-11(29(31)32)12-14-26-27-15(34-14)16(30,18(22,23)24)4-2-6-33-8-9-3-1-5-28(9)13(10)25-12/h7,9,30H,1-6,8H2/t9-,16?/m0/s1. The highest BCUT2D eigenvalue weighted by Gasteiger charge is 2.58. The molecule has 0 radical (unpaired) electrons. The highest BCUT2D eigenvalue weighted by molar-refractivity contribution is 5.68. The fourth-order valence-electron chi connectivity index (χ4n) is 4.01. The maximum atomic E-state index is 13.8. The van der Waals surface area contributed by atoms with Gasteiger partial charge in [0.15, 0.2) is 0 Å². The lowest BCUT2D eigenvalue weighted by Crippen LogP contribution is -2.43. The van der Waals surface area contributed by atoms with Crippen LogP contribution in [0.2, 0.25) is 0 Å². The van der Waals surface area contributed by atoms with Gasteiger partial charge in [-0.25, -0.2) is 4.98 Å². The maximum absolute atomic E-state index is 13.8. The molecule has 186 valence electrons. The molecular formula is C18H17F6N5O5. The van der Waals surface area contributed by atoms with Crippen molar-refractivity contribution >= 4 is 11.5 Å². The molecule has 0 spiro atoms. The summed E-state index contributed by atoms with van der Waals surface area (Å²) < 4.78 is 92.9. The summed E-state index contributed by atoms with van der Waals surface area (Å²) in [6.45, 7) is -0.201. The predicted molar refractivity (Wildman–Crippen MR) is 99.6 cm³/mol. The van der Waals surface area contributed by atoms with Crippen molar-refractivity contribution in [2.24, 2.45) is 0 Å². The molecule has 1 unspecified atom stereocenters. The number of fused-ring (bicyclic) bond motifs is 7. The van der Waals surface area contributed by atoms with Crippen LogP contribution in [0.3, 0.4) is 0 Å². The zero-order valence-corrected chi connectivity index (χ0v) is 17.2. The van der Waals surface area contributed by atoms with E-state index in [1.165, 1.54) is 4.90 Å². The van der Waals surface area contributed by atoms with Gasteiger partial charge in [0.2, 0.25) is 11.3 Å². The highest BCUT2D eigenvalue weighted by Crippen LogP contribution is 2.45. The molecule has 2 aliphatic rings. The average molecular weight is 497 g/mol. The van der Waals surface area contributed by atoms with Crippen molar-refractivity contribution in [1.29, 1.82) is 0 Å². The van der Waals surface area contributed by atoms with Crippen LogP contribution in [-0.2, 0) is 16.5 Å². The molecule has 16 heteroatoms. The fraction of sp³-hybridized carbons (Fsp3) is 0.611. The lowest BCUT2D eigenvalue weighted by molar-refractivity contribution is -0.384. The summed E-state index contributed by atoms with van der Waals surface area (Å²) in [6, 6.07) is -0.370. The number of nitrogens with zero attached hydrogens (tertiary/aromatic N) is 5. The molecule has 0 saturated carbocycles. The zero-order valence-electron chi connectivity index (χ0n) is 17.2. The summed E-state index contributed by atoms with van der Waals surface area (Å²) in [6.07, 6.45) is -10.6. The van der Waals surface area contributed by atoms with Crippen molar-refractivity contribution in [1.82, 2.24) is 15.2 Å². The van der Waals surface area contributed by atoms with Crippen molar-refractivity contribution < 1.29 is 45.5 Å². The molecule has 0 amide bonds. The Bertz CT molecular complexity index is 1090. The van der Waals surface area contributed by atoms with Gasteiger partial charge in [-0.2, -0.15) is 26.3 Å². The fourth-order valence-corrected chi connectivity index (χ4v) is 4.01. The summed E-state index contributed by atoms with van der Waals surface area (Å²) in [5.74, 6) is -2.91. The molecule has 34 heavy (non-hydrogen) atoms.